The molecule has 0 spiro atoms. The average Bonchev–Trinajstić information content (AvgIpc) is 1.99. The third-order valence-corrected chi connectivity index (χ3v) is 3.94. The summed E-state index contributed by atoms with van der Waals surface area (Å²) in [4.78, 5) is 0. The highest BCUT2D eigenvalue weighted by molar-refractivity contribution is 5.23. The normalized spacial score (nSPS) is 35.8. The molecule has 0 N–H and O–H groups in total. The van der Waals surface area contributed by atoms with Gasteiger partial charge in [-0.3, -0.25) is 0 Å². The van der Waals surface area contributed by atoms with Gasteiger partial charge in [0.05, 0.1) is 0 Å². The van der Waals surface area contributed by atoms with E-state index in [1.807, 2.05) is 0 Å². The van der Waals surface area contributed by atoms with Crippen LogP contribution in [0.15, 0.2) is 11.1 Å². The predicted molar refractivity (Wildman–Crippen MR) is 55.4 cm³/mol. The Balaban J connectivity index is 3.03. The summed E-state index contributed by atoms with van der Waals surface area (Å²) in [5, 5.41) is 0. The van der Waals surface area contributed by atoms with Crippen LogP contribution in [-0.2, 0) is 0 Å². The van der Waals surface area contributed by atoms with Crippen LogP contribution in [0.2, 0.25) is 0 Å². The van der Waals surface area contributed by atoms with Gasteiger partial charge in [0, 0.05) is 0 Å². The molecular formula is C12H21F. The van der Waals surface area contributed by atoms with Crippen LogP contribution in [0.3, 0.4) is 0 Å². The zero-order valence-electron chi connectivity index (χ0n) is 9.45. The largest absolute Gasteiger partial charge is 0.247 e. The van der Waals surface area contributed by atoms with Gasteiger partial charge in [-0.15, -0.1) is 0 Å². The minimum Gasteiger partial charge on any atom is -0.247 e. The minimum absolute atomic E-state index is 0.0851. The molecule has 0 amide bonds. The zero-order valence-corrected chi connectivity index (χ0v) is 9.45. The van der Waals surface area contributed by atoms with Crippen LogP contribution in [0.5, 0.6) is 0 Å². The molecule has 0 fully saturated rings. The maximum absolute atomic E-state index is 13.4. The van der Waals surface area contributed by atoms with Gasteiger partial charge in [-0.25, -0.2) is 4.39 Å². The van der Waals surface area contributed by atoms with E-state index in [1.54, 1.807) is 0 Å². The Labute approximate surface area is 81.2 Å². The van der Waals surface area contributed by atoms with E-state index < -0.39 is 6.17 Å². The van der Waals surface area contributed by atoms with Gasteiger partial charge < -0.3 is 0 Å². The van der Waals surface area contributed by atoms with Crippen molar-refractivity contribution in [3.63, 3.8) is 0 Å². The number of hydrogen-bond donors (Lipinski definition) is 0. The number of hydrogen-bond acceptors (Lipinski definition) is 0. The van der Waals surface area contributed by atoms with Crippen molar-refractivity contribution < 1.29 is 4.39 Å². The molecule has 1 aliphatic carbocycles. The molecule has 0 radical (unpaired) electrons. The van der Waals surface area contributed by atoms with Gasteiger partial charge in [0.1, 0.15) is 6.17 Å². The lowest BCUT2D eigenvalue weighted by molar-refractivity contribution is 0.154. The molecule has 0 aliphatic heterocycles. The van der Waals surface area contributed by atoms with Crippen molar-refractivity contribution in [3.05, 3.63) is 11.1 Å². The lowest BCUT2D eigenvalue weighted by Gasteiger charge is -2.41. The molecule has 0 saturated carbocycles. The van der Waals surface area contributed by atoms with Gasteiger partial charge >= 0.3 is 0 Å². The highest BCUT2D eigenvalue weighted by atomic mass is 19.1. The molecule has 0 aromatic heterocycles. The lowest BCUT2D eigenvalue weighted by atomic mass is 9.65. The molecular weight excluding hydrogens is 163 g/mol. The first-order valence-corrected chi connectivity index (χ1v) is 5.19. The summed E-state index contributed by atoms with van der Waals surface area (Å²) < 4.78 is 13.4. The summed E-state index contributed by atoms with van der Waals surface area (Å²) in [7, 11) is 0. The quantitative estimate of drug-likeness (QED) is 0.538. The standard InChI is InChI=1S/C12H21F/c1-8(2)12(5)7-11(13)6-9(3)10(12)4/h8,11H,6-7H2,1-5H3/t11-,12?/m0/s1. The van der Waals surface area contributed by atoms with Crippen molar-refractivity contribution in [1.82, 2.24) is 0 Å². The first-order chi connectivity index (χ1) is 5.88. The zero-order chi connectivity index (χ0) is 10.2. The van der Waals surface area contributed by atoms with Crippen molar-refractivity contribution in [2.45, 2.75) is 53.6 Å². The topological polar surface area (TPSA) is 0 Å². The Morgan fingerprint density at radius 1 is 1.38 bits per heavy atom. The third kappa shape index (κ3) is 1.79. The second kappa shape index (κ2) is 3.43. The number of allylic oxidation sites excluding steroid dienone is 2. The Bertz CT molecular complexity index is 227. The summed E-state index contributed by atoms with van der Waals surface area (Å²) in [5.41, 5.74) is 2.76. The van der Waals surface area contributed by atoms with Crippen LogP contribution < -0.4 is 0 Å². The molecule has 1 unspecified atom stereocenters. The van der Waals surface area contributed by atoms with Crippen LogP contribution in [0.4, 0.5) is 4.39 Å². The first kappa shape index (κ1) is 10.7. The molecule has 1 heteroatoms. The second-order valence-electron chi connectivity index (χ2n) is 4.98. The van der Waals surface area contributed by atoms with E-state index in [4.69, 9.17) is 0 Å². The van der Waals surface area contributed by atoms with E-state index in [0.717, 1.165) is 0 Å². The van der Waals surface area contributed by atoms with Crippen LogP contribution in [0.1, 0.15) is 47.5 Å². The van der Waals surface area contributed by atoms with Crippen molar-refractivity contribution >= 4 is 0 Å². The average molecular weight is 184 g/mol. The Morgan fingerprint density at radius 3 is 2.38 bits per heavy atom. The van der Waals surface area contributed by atoms with Crippen molar-refractivity contribution in [2.24, 2.45) is 11.3 Å². The minimum atomic E-state index is -0.629. The van der Waals surface area contributed by atoms with E-state index in [1.165, 1.54) is 11.1 Å². The Morgan fingerprint density at radius 2 is 1.92 bits per heavy atom. The fraction of sp³-hybridized carbons (Fsp3) is 0.833. The van der Waals surface area contributed by atoms with Gasteiger partial charge in [-0.1, -0.05) is 31.9 Å². The fourth-order valence-electron chi connectivity index (χ4n) is 2.33. The molecule has 0 heterocycles. The van der Waals surface area contributed by atoms with E-state index >= 15 is 0 Å². The predicted octanol–water partition coefficient (Wildman–Crippen LogP) is 4.12. The maximum atomic E-state index is 13.4. The smallest absolute Gasteiger partial charge is 0.105 e. The molecule has 1 aliphatic rings. The van der Waals surface area contributed by atoms with Crippen LogP contribution in [-0.4, -0.2) is 6.17 Å². The molecule has 13 heavy (non-hydrogen) atoms. The lowest BCUT2D eigenvalue weighted by Crippen LogP contribution is -2.33. The molecule has 2 atom stereocenters. The van der Waals surface area contributed by atoms with Crippen molar-refractivity contribution in [2.75, 3.05) is 0 Å². The summed E-state index contributed by atoms with van der Waals surface area (Å²) >= 11 is 0. The summed E-state index contributed by atoms with van der Waals surface area (Å²) in [6, 6.07) is 0. The van der Waals surface area contributed by atoms with E-state index in [-0.39, 0.29) is 5.41 Å². The van der Waals surface area contributed by atoms with Crippen LogP contribution in [0.25, 0.3) is 0 Å². The molecule has 0 aromatic carbocycles. The van der Waals surface area contributed by atoms with E-state index in [9.17, 15) is 4.39 Å². The number of halogens is 1. The highest BCUT2D eigenvalue weighted by Crippen LogP contribution is 2.46. The second-order valence-corrected chi connectivity index (χ2v) is 4.98. The van der Waals surface area contributed by atoms with Crippen LogP contribution >= 0.6 is 0 Å². The first-order valence-electron chi connectivity index (χ1n) is 5.19. The Hall–Kier alpha value is -0.330. The van der Waals surface area contributed by atoms with Crippen molar-refractivity contribution in [1.29, 1.82) is 0 Å². The van der Waals surface area contributed by atoms with Gasteiger partial charge in [-0.2, -0.15) is 0 Å². The Kier molecular flexibility index (Phi) is 2.84. The highest BCUT2D eigenvalue weighted by Gasteiger charge is 2.37. The SMILES string of the molecule is CC1=C(C)C(C)(C(C)C)C[C@@H](F)C1. The third-order valence-electron chi connectivity index (χ3n) is 3.94. The van der Waals surface area contributed by atoms with Crippen LogP contribution in [0, 0.1) is 11.3 Å². The maximum Gasteiger partial charge on any atom is 0.105 e. The van der Waals surface area contributed by atoms with Crippen molar-refractivity contribution in [3.8, 4) is 0 Å². The molecule has 76 valence electrons. The molecule has 0 aromatic rings. The van der Waals surface area contributed by atoms with Gasteiger partial charge in [0.25, 0.3) is 0 Å². The number of alkyl halides is 1. The summed E-state index contributed by atoms with van der Waals surface area (Å²) in [6.45, 7) is 10.8. The number of rotatable bonds is 1. The molecule has 0 bridgehead atoms. The van der Waals surface area contributed by atoms with Gasteiger partial charge in [-0.05, 0) is 38.0 Å². The van der Waals surface area contributed by atoms with Gasteiger partial charge in [0.2, 0.25) is 0 Å². The summed E-state index contributed by atoms with van der Waals surface area (Å²) in [5.74, 6) is 0.529. The van der Waals surface area contributed by atoms with E-state index in [0.29, 0.717) is 18.8 Å². The summed E-state index contributed by atoms with van der Waals surface area (Å²) in [6.07, 6.45) is 0.721. The molecule has 0 saturated heterocycles. The van der Waals surface area contributed by atoms with E-state index in [2.05, 4.69) is 34.6 Å². The monoisotopic (exact) mass is 184 g/mol. The molecule has 0 nitrogen and oxygen atoms in total. The van der Waals surface area contributed by atoms with Gasteiger partial charge in [0.15, 0.2) is 0 Å². The fourth-order valence-corrected chi connectivity index (χ4v) is 2.33. The molecule has 1 rings (SSSR count).